The lowest BCUT2D eigenvalue weighted by molar-refractivity contribution is -0.138. The van der Waals surface area contributed by atoms with Crippen LogP contribution in [-0.4, -0.2) is 26.9 Å². The molecule has 1 aliphatic heterocycles. The molecule has 0 unspecified atom stereocenters. The molecule has 1 saturated carbocycles. The Hall–Kier alpha value is -2.43. The molecule has 0 bridgehead atoms. The molecule has 1 aromatic carbocycles. The molecule has 1 amide bonds. The predicted molar refractivity (Wildman–Crippen MR) is 90.4 cm³/mol. The van der Waals surface area contributed by atoms with Crippen molar-refractivity contribution in [3.8, 4) is 0 Å². The highest BCUT2D eigenvalue weighted by Gasteiger charge is 2.51. The number of fused-ring (bicyclic) bond motifs is 1. The Morgan fingerprint density at radius 3 is 2.71 bits per heavy atom. The first-order chi connectivity index (χ1) is 11.6. The van der Waals surface area contributed by atoms with Gasteiger partial charge < -0.3 is 9.47 Å². The minimum absolute atomic E-state index is 0.0116. The van der Waals surface area contributed by atoms with E-state index in [0.717, 1.165) is 30.5 Å². The number of amides is 1. The second kappa shape index (κ2) is 5.58. The molecule has 4 rings (SSSR count). The van der Waals surface area contributed by atoms with Crippen molar-refractivity contribution in [1.82, 2.24) is 14.5 Å². The zero-order valence-electron chi connectivity index (χ0n) is 13.9. The molecule has 2 heterocycles. The first-order valence-corrected chi connectivity index (χ1v) is 8.46. The Balaban J connectivity index is 1.53. The van der Waals surface area contributed by atoms with Gasteiger partial charge >= 0.3 is 0 Å². The number of rotatable bonds is 3. The van der Waals surface area contributed by atoms with Crippen molar-refractivity contribution in [2.45, 2.75) is 32.2 Å². The molecule has 0 spiro atoms. The number of carbonyl (C=O) groups excluding carboxylic acids is 1. The number of nitrogens with zero attached hydrogens (tertiary/aromatic N) is 3. The normalized spacial score (nSPS) is 18.1. The maximum absolute atomic E-state index is 13.1. The molecule has 24 heavy (non-hydrogen) atoms. The second-order valence-electron chi connectivity index (χ2n) is 7.01. The molecular formula is C19H21N3O2. The molecule has 5 nitrogen and oxygen atoms in total. The molecule has 1 aliphatic carbocycles. The molecule has 1 fully saturated rings. The van der Waals surface area contributed by atoms with Gasteiger partial charge in [0.1, 0.15) is 0 Å². The fourth-order valence-electron chi connectivity index (χ4n) is 3.63. The molecular weight excluding hydrogens is 302 g/mol. The topological polar surface area (TPSA) is 55.2 Å². The average Bonchev–Trinajstić information content (AvgIpc) is 3.39. The van der Waals surface area contributed by atoms with Gasteiger partial charge in [-0.2, -0.15) is 0 Å². The van der Waals surface area contributed by atoms with Crippen molar-refractivity contribution in [2.75, 3.05) is 6.54 Å². The van der Waals surface area contributed by atoms with Gasteiger partial charge in [-0.25, -0.2) is 4.98 Å². The van der Waals surface area contributed by atoms with Crippen LogP contribution in [0.4, 0.5) is 0 Å². The first kappa shape index (κ1) is 15.1. The van der Waals surface area contributed by atoms with Gasteiger partial charge in [-0.05, 0) is 31.2 Å². The quantitative estimate of drug-likeness (QED) is 0.864. The van der Waals surface area contributed by atoms with Crippen molar-refractivity contribution in [1.29, 1.82) is 0 Å². The second-order valence-corrected chi connectivity index (χ2v) is 7.01. The monoisotopic (exact) mass is 323 g/mol. The number of aromatic nitrogens is 2. The van der Waals surface area contributed by atoms with Gasteiger partial charge in [-0.15, -0.1) is 0 Å². The summed E-state index contributed by atoms with van der Waals surface area (Å²) in [4.78, 5) is 31.5. The van der Waals surface area contributed by atoms with Crippen LogP contribution in [0.15, 0.2) is 41.5 Å². The third-order valence-electron chi connectivity index (χ3n) is 5.27. The van der Waals surface area contributed by atoms with Crippen LogP contribution >= 0.6 is 0 Å². The van der Waals surface area contributed by atoms with E-state index in [1.807, 2.05) is 23.1 Å². The van der Waals surface area contributed by atoms with Crippen molar-refractivity contribution in [3.63, 3.8) is 0 Å². The zero-order chi connectivity index (χ0) is 16.7. The molecule has 0 N–H and O–H groups in total. The van der Waals surface area contributed by atoms with E-state index in [2.05, 4.69) is 17.1 Å². The van der Waals surface area contributed by atoms with E-state index >= 15 is 0 Å². The lowest BCUT2D eigenvalue weighted by Gasteiger charge is -2.31. The van der Waals surface area contributed by atoms with Crippen molar-refractivity contribution < 1.29 is 4.79 Å². The average molecular weight is 323 g/mol. The molecule has 0 radical (unpaired) electrons. The molecule has 2 aliphatic rings. The van der Waals surface area contributed by atoms with Crippen LogP contribution in [0.1, 0.15) is 29.7 Å². The number of hydrogen-bond acceptors (Lipinski definition) is 3. The van der Waals surface area contributed by atoms with E-state index in [0.29, 0.717) is 19.5 Å². The summed E-state index contributed by atoms with van der Waals surface area (Å²) in [5.41, 5.74) is 2.51. The van der Waals surface area contributed by atoms with E-state index in [1.165, 1.54) is 10.1 Å². The Morgan fingerprint density at radius 2 is 2.00 bits per heavy atom. The highest BCUT2D eigenvalue weighted by molar-refractivity contribution is 5.86. The van der Waals surface area contributed by atoms with Gasteiger partial charge in [-0.1, -0.05) is 30.3 Å². The maximum Gasteiger partial charge on any atom is 0.256 e. The summed E-state index contributed by atoms with van der Waals surface area (Å²) in [6.45, 7) is 1.07. The van der Waals surface area contributed by atoms with Crippen molar-refractivity contribution in [2.24, 2.45) is 12.5 Å². The molecule has 0 saturated heterocycles. The lowest BCUT2D eigenvalue weighted by Crippen LogP contribution is -2.43. The molecule has 1 aromatic heterocycles. The summed E-state index contributed by atoms with van der Waals surface area (Å²) in [5, 5.41) is 0. The van der Waals surface area contributed by atoms with Crippen LogP contribution in [0.5, 0.6) is 0 Å². The van der Waals surface area contributed by atoms with Crippen LogP contribution in [0.25, 0.3) is 0 Å². The summed E-state index contributed by atoms with van der Waals surface area (Å²) >= 11 is 0. The minimum Gasteiger partial charge on any atom is -0.336 e. The van der Waals surface area contributed by atoms with E-state index in [1.54, 1.807) is 13.4 Å². The Morgan fingerprint density at radius 1 is 1.25 bits per heavy atom. The highest BCUT2D eigenvalue weighted by Crippen LogP contribution is 2.50. The van der Waals surface area contributed by atoms with Crippen LogP contribution in [0, 0.1) is 5.41 Å². The predicted octanol–water partition coefficient (Wildman–Crippen LogP) is 1.69. The van der Waals surface area contributed by atoms with Crippen LogP contribution in [0.2, 0.25) is 0 Å². The van der Waals surface area contributed by atoms with Gasteiger partial charge in [-0.3, -0.25) is 9.59 Å². The summed E-state index contributed by atoms with van der Waals surface area (Å²) in [5.74, 6) is 0.222. The summed E-state index contributed by atoms with van der Waals surface area (Å²) < 4.78 is 1.51. The standard InChI is InChI=1S/C19H21N3O2/c1-21-13-20-16-12-22(10-7-15(16)17(21)23)18(24)19(8-9-19)11-14-5-3-2-4-6-14/h2-6,13H,7-12H2,1H3. The third kappa shape index (κ3) is 2.54. The number of aryl methyl sites for hydroxylation is 1. The van der Waals surface area contributed by atoms with Crippen molar-refractivity contribution in [3.05, 3.63) is 63.8 Å². The lowest BCUT2D eigenvalue weighted by atomic mass is 9.93. The third-order valence-corrected chi connectivity index (χ3v) is 5.27. The van der Waals surface area contributed by atoms with Gasteiger partial charge in [0.05, 0.1) is 24.0 Å². The number of hydrogen-bond donors (Lipinski definition) is 0. The van der Waals surface area contributed by atoms with Crippen LogP contribution in [-0.2, 0) is 31.2 Å². The fourth-order valence-corrected chi connectivity index (χ4v) is 3.63. The molecule has 124 valence electrons. The first-order valence-electron chi connectivity index (χ1n) is 8.46. The van der Waals surface area contributed by atoms with E-state index in [9.17, 15) is 9.59 Å². The van der Waals surface area contributed by atoms with Crippen LogP contribution < -0.4 is 5.56 Å². The SMILES string of the molecule is Cn1cnc2c(c1=O)CCN(C(=O)C1(Cc3ccccc3)CC1)C2. The number of benzene rings is 1. The smallest absolute Gasteiger partial charge is 0.256 e. The molecule has 0 atom stereocenters. The molecule has 5 heteroatoms. The van der Waals surface area contributed by atoms with Gasteiger partial charge in [0.2, 0.25) is 5.91 Å². The number of carbonyl (C=O) groups is 1. The largest absolute Gasteiger partial charge is 0.336 e. The van der Waals surface area contributed by atoms with E-state index < -0.39 is 0 Å². The van der Waals surface area contributed by atoms with Crippen molar-refractivity contribution >= 4 is 5.91 Å². The summed E-state index contributed by atoms with van der Waals surface area (Å²) in [6.07, 6.45) is 4.86. The molecule has 2 aromatic rings. The van der Waals surface area contributed by atoms with Gasteiger partial charge in [0.15, 0.2) is 0 Å². The maximum atomic E-state index is 13.1. The van der Waals surface area contributed by atoms with Crippen LogP contribution in [0.3, 0.4) is 0 Å². The van der Waals surface area contributed by atoms with Gasteiger partial charge in [0.25, 0.3) is 5.56 Å². The summed E-state index contributed by atoms with van der Waals surface area (Å²) in [7, 11) is 1.71. The zero-order valence-corrected chi connectivity index (χ0v) is 13.9. The Kier molecular flexibility index (Phi) is 3.52. The Bertz CT molecular complexity index is 837. The van der Waals surface area contributed by atoms with E-state index in [4.69, 9.17) is 0 Å². The minimum atomic E-state index is -0.238. The summed E-state index contributed by atoms with van der Waals surface area (Å²) in [6, 6.07) is 10.2. The Labute approximate surface area is 140 Å². The van der Waals surface area contributed by atoms with E-state index in [-0.39, 0.29) is 16.9 Å². The highest BCUT2D eigenvalue weighted by atomic mass is 16.2. The fraction of sp³-hybridized carbons (Fsp3) is 0.421. The van der Waals surface area contributed by atoms with Gasteiger partial charge in [0, 0.05) is 19.2 Å².